The second-order valence-corrected chi connectivity index (χ2v) is 13.6. The molecule has 0 saturated carbocycles. The van der Waals surface area contributed by atoms with E-state index in [1.54, 1.807) is 30.3 Å². The van der Waals surface area contributed by atoms with Crippen LogP contribution in [0.25, 0.3) is 0 Å². The highest BCUT2D eigenvalue weighted by atomic mass is 35.5. The molecule has 218 valence electrons. The summed E-state index contributed by atoms with van der Waals surface area (Å²) in [6, 6.07) is 15.3. The van der Waals surface area contributed by atoms with Crippen molar-refractivity contribution in [2.24, 2.45) is 0 Å². The van der Waals surface area contributed by atoms with Crippen LogP contribution in [0.1, 0.15) is 5.56 Å². The minimum Gasteiger partial charge on any atom is -0.508 e. The van der Waals surface area contributed by atoms with Gasteiger partial charge in [-0.05, 0) is 41.5 Å². The Hall–Kier alpha value is -2.83. The fourth-order valence-electron chi connectivity index (χ4n) is 4.52. The zero-order valence-corrected chi connectivity index (χ0v) is 26.0. The second kappa shape index (κ2) is 13.6. The molecule has 0 aliphatic carbocycles. The maximum absolute atomic E-state index is 13.0. The molecule has 2 atom stereocenters. The molecule has 8 nitrogen and oxygen atoms in total. The molecule has 5 rings (SSSR count). The Morgan fingerprint density at radius 3 is 2.52 bits per heavy atom. The molecule has 2 aliphatic rings. The van der Waals surface area contributed by atoms with Crippen LogP contribution in [0.5, 0.6) is 5.75 Å². The fraction of sp³-hybridized carbons (Fsp3) is 0.241. The molecule has 1 aromatic heterocycles. The van der Waals surface area contributed by atoms with Gasteiger partial charge in [0.15, 0.2) is 18.9 Å². The molecule has 3 heterocycles. The van der Waals surface area contributed by atoms with E-state index in [-0.39, 0.29) is 23.1 Å². The van der Waals surface area contributed by atoms with Crippen molar-refractivity contribution >= 4 is 76.3 Å². The predicted octanol–water partition coefficient (Wildman–Crippen LogP) is 4.85. The number of hydrogen-bond donors (Lipinski definition) is 3. The number of amides is 2. The lowest BCUT2D eigenvalue weighted by Gasteiger charge is -2.49. The Labute approximate surface area is 265 Å². The molecule has 3 N–H and O–H groups in total. The van der Waals surface area contributed by atoms with Gasteiger partial charge in [-0.15, -0.1) is 35.3 Å². The van der Waals surface area contributed by atoms with Crippen LogP contribution in [-0.4, -0.2) is 61.6 Å². The number of thioether (sulfide) groups is 3. The maximum Gasteiger partial charge on any atom is 0.352 e. The lowest BCUT2D eigenvalue weighted by atomic mass is 10.0. The van der Waals surface area contributed by atoms with Crippen LogP contribution in [-0.2, 0) is 27.3 Å². The van der Waals surface area contributed by atoms with Crippen molar-refractivity contribution in [3.05, 3.63) is 93.9 Å². The molecule has 3 aromatic rings. The van der Waals surface area contributed by atoms with Crippen molar-refractivity contribution in [2.45, 2.75) is 34.2 Å². The SMILES string of the molecule is O=C(CSc1cc(Cl)ccc1Cl)N[C@H]1C(=O)N2C(C(=O)O)=C(CSc3cc[n+](CCc4ccc(O)cc4)cc3)CS[C@H]12. The Kier molecular flexibility index (Phi) is 9.95. The lowest BCUT2D eigenvalue weighted by Crippen LogP contribution is -2.70. The Morgan fingerprint density at radius 2 is 1.81 bits per heavy atom. The van der Waals surface area contributed by atoms with Gasteiger partial charge in [-0.2, -0.15) is 0 Å². The number of nitrogens with one attached hydrogen (secondary N) is 1. The number of aromatic hydroxyl groups is 1. The van der Waals surface area contributed by atoms with Crippen molar-refractivity contribution in [2.75, 3.05) is 17.3 Å². The number of pyridine rings is 1. The van der Waals surface area contributed by atoms with E-state index in [1.807, 2.05) is 36.7 Å². The maximum atomic E-state index is 13.0. The molecule has 2 amide bonds. The summed E-state index contributed by atoms with van der Waals surface area (Å²) in [4.78, 5) is 40.7. The molecule has 1 fully saturated rings. The number of phenols is 1. The van der Waals surface area contributed by atoms with Crippen LogP contribution in [0.4, 0.5) is 0 Å². The molecular formula is C29H26Cl2N3O5S3+. The van der Waals surface area contributed by atoms with Crippen molar-refractivity contribution in [1.29, 1.82) is 0 Å². The van der Waals surface area contributed by atoms with Gasteiger partial charge >= 0.3 is 5.97 Å². The first kappa shape index (κ1) is 30.6. The Morgan fingerprint density at radius 1 is 1.07 bits per heavy atom. The lowest BCUT2D eigenvalue weighted by molar-refractivity contribution is -0.696. The van der Waals surface area contributed by atoms with Crippen LogP contribution in [0.3, 0.4) is 0 Å². The number of phenolic OH excluding ortho intramolecular Hbond substituents is 1. The number of carbonyl (C=O) groups excluding carboxylic acids is 2. The van der Waals surface area contributed by atoms with Gasteiger partial charge in [0, 0.05) is 44.9 Å². The number of carbonyl (C=O) groups is 3. The summed E-state index contributed by atoms with van der Waals surface area (Å²) in [6.45, 7) is 0.782. The summed E-state index contributed by atoms with van der Waals surface area (Å²) in [6.07, 6.45) is 4.78. The van der Waals surface area contributed by atoms with Gasteiger partial charge in [0.05, 0.1) is 10.8 Å². The number of benzene rings is 2. The van der Waals surface area contributed by atoms with Gasteiger partial charge in [-0.3, -0.25) is 14.5 Å². The number of carboxylic acids is 1. The van der Waals surface area contributed by atoms with Crippen molar-refractivity contribution in [3.63, 3.8) is 0 Å². The van der Waals surface area contributed by atoms with E-state index in [2.05, 4.69) is 9.88 Å². The number of carboxylic acid groups (broad SMARTS) is 1. The van der Waals surface area contributed by atoms with Crippen LogP contribution < -0.4 is 9.88 Å². The molecule has 2 aliphatic heterocycles. The topological polar surface area (TPSA) is 111 Å². The van der Waals surface area contributed by atoms with Gasteiger partial charge in [0.2, 0.25) is 5.91 Å². The molecule has 0 radical (unpaired) electrons. The highest BCUT2D eigenvalue weighted by Crippen LogP contribution is 2.41. The van der Waals surface area contributed by atoms with Crippen molar-refractivity contribution in [1.82, 2.24) is 10.2 Å². The number of aromatic nitrogens is 1. The normalized spacial score (nSPS) is 18.0. The van der Waals surface area contributed by atoms with E-state index in [9.17, 15) is 24.6 Å². The fourth-order valence-corrected chi connectivity index (χ4v) is 8.19. The molecule has 0 spiro atoms. The number of aryl methyl sites for hydroxylation is 2. The number of β-lactam (4-membered cyclic amide) rings is 1. The van der Waals surface area contributed by atoms with E-state index in [1.165, 1.54) is 40.2 Å². The Balaban J connectivity index is 1.15. The van der Waals surface area contributed by atoms with E-state index in [0.717, 1.165) is 23.4 Å². The quantitative estimate of drug-likeness (QED) is 0.152. The minimum atomic E-state index is -1.15. The van der Waals surface area contributed by atoms with Crippen molar-refractivity contribution < 1.29 is 29.2 Å². The first-order valence-corrected chi connectivity index (χ1v) is 16.6. The van der Waals surface area contributed by atoms with Crippen LogP contribution in [0.2, 0.25) is 10.0 Å². The summed E-state index contributed by atoms with van der Waals surface area (Å²) >= 11 is 16.3. The summed E-state index contributed by atoms with van der Waals surface area (Å²) in [5, 5.41) is 22.7. The first-order valence-electron chi connectivity index (χ1n) is 12.9. The van der Waals surface area contributed by atoms with Crippen LogP contribution in [0, 0.1) is 0 Å². The molecule has 0 unspecified atom stereocenters. The largest absolute Gasteiger partial charge is 0.508 e. The minimum absolute atomic E-state index is 0.00160. The monoisotopic (exact) mass is 662 g/mol. The van der Waals surface area contributed by atoms with Crippen molar-refractivity contribution in [3.8, 4) is 5.75 Å². The first-order chi connectivity index (χ1) is 20.2. The number of nitrogens with zero attached hydrogens (tertiary/aromatic N) is 2. The number of halogens is 2. The van der Waals surface area contributed by atoms with Crippen LogP contribution >= 0.6 is 58.5 Å². The number of aliphatic carboxylic acids is 1. The molecule has 42 heavy (non-hydrogen) atoms. The highest BCUT2D eigenvalue weighted by Gasteiger charge is 2.54. The molecule has 2 aromatic carbocycles. The molecule has 1 saturated heterocycles. The Bertz CT molecular complexity index is 1540. The van der Waals surface area contributed by atoms with Gasteiger partial charge in [0.1, 0.15) is 22.9 Å². The molecular weight excluding hydrogens is 637 g/mol. The number of rotatable bonds is 11. The zero-order chi connectivity index (χ0) is 29.8. The number of fused-ring (bicyclic) bond motifs is 1. The third-order valence-electron chi connectivity index (χ3n) is 6.69. The van der Waals surface area contributed by atoms with Crippen LogP contribution in [0.15, 0.2) is 88.1 Å². The van der Waals surface area contributed by atoms with Gasteiger partial charge in [-0.1, -0.05) is 35.3 Å². The smallest absolute Gasteiger partial charge is 0.352 e. The molecule has 13 heteroatoms. The average Bonchev–Trinajstić information content (AvgIpc) is 2.98. The van der Waals surface area contributed by atoms with E-state index < -0.39 is 23.3 Å². The van der Waals surface area contributed by atoms with E-state index in [0.29, 0.717) is 32.0 Å². The summed E-state index contributed by atoms with van der Waals surface area (Å²) in [5.41, 5.74) is 1.80. The van der Waals surface area contributed by atoms with Gasteiger partial charge in [0.25, 0.3) is 5.91 Å². The standard InChI is InChI=1S/C29H25Cl2N3O5S3/c30-19-3-6-22(31)23(13-19)41-16-24(36)32-25-27(37)34-26(29(38)39)18(15-42-28(25)34)14-40-21-8-11-33(12-9-21)10-7-17-1-4-20(35)5-2-17/h1-6,8-9,11-13,25,28H,7,10,14-16H2,(H2-,32,35,36,38,39)/p+1/t25-,28+/m0/s1. The van der Waals surface area contributed by atoms with Gasteiger partial charge < -0.3 is 15.5 Å². The third-order valence-corrected chi connectivity index (χ3v) is 10.9. The van der Waals surface area contributed by atoms with E-state index in [4.69, 9.17) is 23.2 Å². The van der Waals surface area contributed by atoms with Gasteiger partial charge in [-0.25, -0.2) is 9.36 Å². The summed E-state index contributed by atoms with van der Waals surface area (Å²) in [7, 11) is 0. The summed E-state index contributed by atoms with van der Waals surface area (Å²) in [5.74, 6) is -0.767. The average molecular weight is 664 g/mol. The zero-order valence-electron chi connectivity index (χ0n) is 22.0. The summed E-state index contributed by atoms with van der Waals surface area (Å²) < 4.78 is 2.06. The predicted molar refractivity (Wildman–Crippen MR) is 166 cm³/mol. The second-order valence-electron chi connectivity index (χ2n) is 9.55. The highest BCUT2D eigenvalue weighted by molar-refractivity contribution is 8.01. The van der Waals surface area contributed by atoms with E-state index >= 15 is 0 Å². The molecule has 0 bridgehead atoms. The number of hydrogen-bond acceptors (Lipinski definition) is 7. The third kappa shape index (κ3) is 7.20.